The van der Waals surface area contributed by atoms with Crippen molar-refractivity contribution in [1.29, 1.82) is 0 Å². The van der Waals surface area contributed by atoms with Crippen LogP contribution >= 0.6 is 0 Å². The Balaban J connectivity index is 2.83. The van der Waals surface area contributed by atoms with Crippen LogP contribution in [0.4, 0.5) is 17.6 Å². The van der Waals surface area contributed by atoms with Gasteiger partial charge < -0.3 is 4.90 Å². The van der Waals surface area contributed by atoms with Crippen LogP contribution in [0.3, 0.4) is 0 Å². The Labute approximate surface area is 108 Å². The van der Waals surface area contributed by atoms with Gasteiger partial charge in [0.2, 0.25) is 5.95 Å². The summed E-state index contributed by atoms with van der Waals surface area (Å²) in [6.07, 6.45) is -2.39. The first-order valence-electron chi connectivity index (χ1n) is 5.81. The lowest BCUT2D eigenvalue weighted by Gasteiger charge is -2.23. The Kier molecular flexibility index (Phi) is 5.26. The second-order valence-corrected chi connectivity index (χ2v) is 4.07. The molecule has 0 fully saturated rings. The van der Waals surface area contributed by atoms with E-state index >= 15 is 0 Å². The van der Waals surface area contributed by atoms with E-state index in [1.165, 1.54) is 0 Å². The molecule has 1 heterocycles. The molecule has 0 saturated carbocycles. The summed E-state index contributed by atoms with van der Waals surface area (Å²) in [6, 6.07) is 2.07. The number of unbranched alkanes of at least 4 members (excludes halogenated alkanes) is 1. The molecular weight excluding hydrogens is 264 g/mol. The Morgan fingerprint density at radius 2 is 2.05 bits per heavy atom. The van der Waals surface area contributed by atoms with Crippen LogP contribution in [0.1, 0.15) is 30.1 Å². The average molecular weight is 278 g/mol. The number of aromatic nitrogens is 1. The highest BCUT2D eigenvalue weighted by molar-refractivity contribution is 5.93. The Morgan fingerprint density at radius 1 is 1.37 bits per heavy atom. The van der Waals surface area contributed by atoms with Gasteiger partial charge >= 0.3 is 6.18 Å². The van der Waals surface area contributed by atoms with E-state index in [0.29, 0.717) is 17.7 Å². The summed E-state index contributed by atoms with van der Waals surface area (Å²) in [4.78, 5) is 15.9. The molecule has 0 aliphatic heterocycles. The molecule has 0 bridgehead atoms. The summed E-state index contributed by atoms with van der Waals surface area (Å²) in [6.45, 7) is 0.505. The number of alkyl halides is 3. The zero-order valence-electron chi connectivity index (χ0n) is 10.4. The van der Waals surface area contributed by atoms with Crippen LogP contribution in [0, 0.1) is 5.95 Å². The lowest BCUT2D eigenvalue weighted by atomic mass is 10.2. The van der Waals surface area contributed by atoms with Crippen molar-refractivity contribution in [3.63, 3.8) is 0 Å². The van der Waals surface area contributed by atoms with Crippen molar-refractivity contribution in [2.75, 3.05) is 13.1 Å². The number of amides is 1. The minimum absolute atomic E-state index is 0.00617. The number of pyridine rings is 1. The standard InChI is InChI=1S/C12H14F4N2O/c1-2-3-6-18(8-12(14,15)16)11(19)9-4-5-10(13)17-7-9/h4-5,7H,2-3,6,8H2,1H3. The van der Waals surface area contributed by atoms with E-state index in [2.05, 4.69) is 4.98 Å². The van der Waals surface area contributed by atoms with Gasteiger partial charge in [-0.05, 0) is 18.6 Å². The first-order chi connectivity index (χ1) is 8.83. The fourth-order valence-electron chi connectivity index (χ4n) is 1.50. The molecule has 3 nitrogen and oxygen atoms in total. The van der Waals surface area contributed by atoms with Crippen molar-refractivity contribution < 1.29 is 22.4 Å². The number of halogens is 4. The van der Waals surface area contributed by atoms with Crippen molar-refractivity contribution in [3.05, 3.63) is 29.8 Å². The predicted octanol–water partition coefficient (Wildman–Crippen LogP) is 3.03. The zero-order chi connectivity index (χ0) is 14.5. The molecule has 1 amide bonds. The van der Waals surface area contributed by atoms with Gasteiger partial charge in [-0.2, -0.15) is 17.6 Å². The molecule has 1 aromatic rings. The van der Waals surface area contributed by atoms with E-state index in [0.717, 1.165) is 18.3 Å². The Hall–Kier alpha value is -1.66. The molecule has 0 N–H and O–H groups in total. The van der Waals surface area contributed by atoms with E-state index in [-0.39, 0.29) is 12.1 Å². The van der Waals surface area contributed by atoms with Crippen LogP contribution in [0.5, 0.6) is 0 Å². The van der Waals surface area contributed by atoms with Gasteiger partial charge in [0.1, 0.15) is 6.54 Å². The third-order valence-corrected chi connectivity index (χ3v) is 2.41. The van der Waals surface area contributed by atoms with E-state index in [4.69, 9.17) is 0 Å². The monoisotopic (exact) mass is 278 g/mol. The number of carbonyl (C=O) groups is 1. The van der Waals surface area contributed by atoms with Gasteiger partial charge in [0.15, 0.2) is 0 Å². The first kappa shape index (κ1) is 15.4. The van der Waals surface area contributed by atoms with Gasteiger partial charge in [-0.15, -0.1) is 0 Å². The molecule has 0 atom stereocenters. The smallest absolute Gasteiger partial charge is 0.329 e. The molecule has 0 aliphatic rings. The Morgan fingerprint density at radius 3 is 2.53 bits per heavy atom. The summed E-state index contributed by atoms with van der Waals surface area (Å²) in [5, 5.41) is 0. The number of rotatable bonds is 5. The molecule has 0 aliphatic carbocycles. The molecular formula is C12H14F4N2O. The molecule has 0 aromatic carbocycles. The van der Waals surface area contributed by atoms with Gasteiger partial charge in [-0.25, -0.2) is 4.98 Å². The molecule has 0 radical (unpaired) electrons. The molecule has 106 valence electrons. The van der Waals surface area contributed by atoms with Gasteiger partial charge in [0, 0.05) is 12.7 Å². The third kappa shape index (κ3) is 5.23. The lowest BCUT2D eigenvalue weighted by Crippen LogP contribution is -2.39. The number of hydrogen-bond donors (Lipinski definition) is 0. The van der Waals surface area contributed by atoms with Crippen LogP contribution < -0.4 is 0 Å². The van der Waals surface area contributed by atoms with Crippen LogP contribution in [-0.2, 0) is 0 Å². The molecule has 19 heavy (non-hydrogen) atoms. The summed E-state index contributed by atoms with van der Waals surface area (Å²) in [5.74, 6) is -1.58. The highest BCUT2D eigenvalue weighted by Crippen LogP contribution is 2.18. The summed E-state index contributed by atoms with van der Waals surface area (Å²) < 4.78 is 49.8. The zero-order valence-corrected chi connectivity index (χ0v) is 10.4. The van der Waals surface area contributed by atoms with Crippen LogP contribution in [0.2, 0.25) is 0 Å². The van der Waals surface area contributed by atoms with Gasteiger partial charge in [0.25, 0.3) is 5.91 Å². The third-order valence-electron chi connectivity index (χ3n) is 2.41. The van der Waals surface area contributed by atoms with Crippen molar-refractivity contribution >= 4 is 5.91 Å². The van der Waals surface area contributed by atoms with Gasteiger partial charge in [0.05, 0.1) is 5.56 Å². The quantitative estimate of drug-likeness (QED) is 0.612. The molecule has 0 saturated heterocycles. The first-order valence-corrected chi connectivity index (χ1v) is 5.81. The van der Waals surface area contributed by atoms with E-state index in [1.54, 1.807) is 0 Å². The second-order valence-electron chi connectivity index (χ2n) is 4.07. The summed E-state index contributed by atoms with van der Waals surface area (Å²) in [5.41, 5.74) is -0.0539. The van der Waals surface area contributed by atoms with Gasteiger partial charge in [-0.3, -0.25) is 4.79 Å². The molecule has 1 rings (SSSR count). The number of carbonyl (C=O) groups excluding carboxylic acids is 1. The molecule has 0 spiro atoms. The SMILES string of the molecule is CCCCN(CC(F)(F)F)C(=O)c1ccc(F)nc1. The topological polar surface area (TPSA) is 33.2 Å². The highest BCUT2D eigenvalue weighted by atomic mass is 19.4. The normalized spacial score (nSPS) is 11.4. The van der Waals surface area contributed by atoms with Crippen molar-refractivity contribution in [3.8, 4) is 0 Å². The van der Waals surface area contributed by atoms with E-state index in [9.17, 15) is 22.4 Å². The number of nitrogens with zero attached hydrogens (tertiary/aromatic N) is 2. The molecule has 7 heteroatoms. The summed E-state index contributed by atoms with van der Waals surface area (Å²) >= 11 is 0. The minimum atomic E-state index is -4.46. The highest BCUT2D eigenvalue weighted by Gasteiger charge is 2.33. The molecule has 0 unspecified atom stereocenters. The molecule has 1 aromatic heterocycles. The fourth-order valence-corrected chi connectivity index (χ4v) is 1.50. The van der Waals surface area contributed by atoms with Crippen LogP contribution in [0.15, 0.2) is 18.3 Å². The van der Waals surface area contributed by atoms with Crippen molar-refractivity contribution in [1.82, 2.24) is 9.88 Å². The maximum atomic E-state index is 12.6. The largest absolute Gasteiger partial charge is 0.406 e. The predicted molar refractivity (Wildman–Crippen MR) is 61.1 cm³/mol. The van der Waals surface area contributed by atoms with Crippen molar-refractivity contribution in [2.24, 2.45) is 0 Å². The van der Waals surface area contributed by atoms with E-state index in [1.807, 2.05) is 6.92 Å². The minimum Gasteiger partial charge on any atom is -0.329 e. The van der Waals surface area contributed by atoms with E-state index < -0.39 is 24.6 Å². The summed E-state index contributed by atoms with van der Waals surface area (Å²) in [7, 11) is 0. The Bertz CT molecular complexity index is 417. The fraction of sp³-hybridized carbons (Fsp3) is 0.500. The second kappa shape index (κ2) is 6.49. The lowest BCUT2D eigenvalue weighted by molar-refractivity contribution is -0.140. The maximum Gasteiger partial charge on any atom is 0.406 e. The van der Waals surface area contributed by atoms with Crippen LogP contribution in [-0.4, -0.2) is 35.1 Å². The van der Waals surface area contributed by atoms with Gasteiger partial charge in [-0.1, -0.05) is 13.3 Å². The van der Waals surface area contributed by atoms with Crippen LogP contribution in [0.25, 0.3) is 0 Å². The maximum absolute atomic E-state index is 12.6. The number of hydrogen-bond acceptors (Lipinski definition) is 2. The van der Waals surface area contributed by atoms with Crippen molar-refractivity contribution in [2.45, 2.75) is 25.9 Å². The average Bonchev–Trinajstić information content (AvgIpc) is 2.33.